The van der Waals surface area contributed by atoms with E-state index in [1.807, 2.05) is 11.9 Å². The van der Waals surface area contributed by atoms with Crippen LogP contribution >= 0.6 is 11.6 Å². The van der Waals surface area contributed by atoms with E-state index < -0.39 is 0 Å². The van der Waals surface area contributed by atoms with Gasteiger partial charge in [0.15, 0.2) is 0 Å². The third-order valence-corrected chi connectivity index (χ3v) is 4.01. The molecule has 1 aliphatic carbocycles. The first-order chi connectivity index (χ1) is 8.24. The first-order valence-corrected chi connectivity index (χ1v) is 7.57. The number of carbonyl (C=O) groups is 1. The monoisotopic (exact) mass is 259 g/mol. The van der Waals surface area contributed by atoms with E-state index in [0.717, 1.165) is 38.1 Å². The summed E-state index contributed by atoms with van der Waals surface area (Å²) in [5.74, 6) is 1.73. The molecule has 0 aliphatic heterocycles. The van der Waals surface area contributed by atoms with Crippen LogP contribution in [0, 0.1) is 5.92 Å². The summed E-state index contributed by atoms with van der Waals surface area (Å²) < 4.78 is 0. The number of carbonyl (C=O) groups excluding carboxylic acids is 1. The molecule has 1 rings (SSSR count). The lowest BCUT2D eigenvalue weighted by atomic mass is 9.87. The van der Waals surface area contributed by atoms with E-state index in [0.29, 0.717) is 11.8 Å². The fourth-order valence-corrected chi connectivity index (χ4v) is 2.73. The summed E-state index contributed by atoms with van der Waals surface area (Å²) in [4.78, 5) is 13.9. The molecular weight excluding hydrogens is 234 g/mol. The smallest absolute Gasteiger partial charge is 0.222 e. The Morgan fingerprint density at radius 2 is 1.88 bits per heavy atom. The molecule has 0 aromatic carbocycles. The highest BCUT2D eigenvalue weighted by atomic mass is 35.5. The molecule has 0 unspecified atom stereocenters. The predicted molar refractivity (Wildman–Crippen MR) is 73.4 cm³/mol. The van der Waals surface area contributed by atoms with Crippen molar-refractivity contribution in [2.45, 2.75) is 57.8 Å². The molecular formula is C14H26ClNO. The van der Waals surface area contributed by atoms with Gasteiger partial charge in [-0.15, -0.1) is 11.6 Å². The van der Waals surface area contributed by atoms with E-state index in [1.165, 1.54) is 32.1 Å². The number of amides is 1. The Bertz CT molecular complexity index is 214. The van der Waals surface area contributed by atoms with Crippen LogP contribution in [0.4, 0.5) is 0 Å². The van der Waals surface area contributed by atoms with Gasteiger partial charge in [0.25, 0.3) is 0 Å². The molecule has 0 heterocycles. The summed E-state index contributed by atoms with van der Waals surface area (Å²) >= 11 is 5.63. The highest BCUT2D eigenvalue weighted by Gasteiger charge is 2.18. The quantitative estimate of drug-likeness (QED) is 0.503. The van der Waals surface area contributed by atoms with Crippen LogP contribution in [-0.2, 0) is 4.79 Å². The predicted octanol–water partition coefficient (Wildman–Crippen LogP) is 3.82. The Morgan fingerprint density at radius 3 is 2.53 bits per heavy atom. The fraction of sp³-hybridized carbons (Fsp3) is 0.929. The Labute approximate surface area is 111 Å². The molecule has 2 nitrogen and oxygen atoms in total. The summed E-state index contributed by atoms with van der Waals surface area (Å²) in [5.41, 5.74) is 0. The van der Waals surface area contributed by atoms with Crippen LogP contribution in [0.3, 0.4) is 0 Å². The van der Waals surface area contributed by atoms with Crippen molar-refractivity contribution in [3.05, 3.63) is 0 Å². The second-order valence-corrected chi connectivity index (χ2v) is 5.65. The number of halogens is 1. The van der Waals surface area contributed by atoms with Gasteiger partial charge in [-0.05, 0) is 31.6 Å². The maximum Gasteiger partial charge on any atom is 0.222 e. The minimum Gasteiger partial charge on any atom is -0.346 e. The number of unbranched alkanes of at least 4 members (excludes halogenated alkanes) is 2. The molecule has 0 radical (unpaired) electrons. The zero-order valence-corrected chi connectivity index (χ0v) is 11.8. The summed E-state index contributed by atoms with van der Waals surface area (Å²) in [5, 5.41) is 0. The van der Waals surface area contributed by atoms with Crippen molar-refractivity contribution in [3.63, 3.8) is 0 Å². The maximum absolute atomic E-state index is 12.0. The average molecular weight is 260 g/mol. The molecule has 0 aromatic rings. The topological polar surface area (TPSA) is 20.3 Å². The first-order valence-electron chi connectivity index (χ1n) is 7.04. The molecule has 17 heavy (non-hydrogen) atoms. The largest absolute Gasteiger partial charge is 0.346 e. The van der Waals surface area contributed by atoms with Crippen LogP contribution in [0.1, 0.15) is 57.8 Å². The Balaban J connectivity index is 2.12. The molecule has 0 bridgehead atoms. The van der Waals surface area contributed by atoms with Crippen molar-refractivity contribution in [2.24, 2.45) is 5.92 Å². The third kappa shape index (κ3) is 6.30. The lowest BCUT2D eigenvalue weighted by Crippen LogP contribution is -2.29. The van der Waals surface area contributed by atoms with Gasteiger partial charge in [0.05, 0.1) is 0 Å². The van der Waals surface area contributed by atoms with Crippen molar-refractivity contribution in [3.8, 4) is 0 Å². The van der Waals surface area contributed by atoms with Gasteiger partial charge in [0, 0.05) is 25.9 Å². The van der Waals surface area contributed by atoms with E-state index in [1.54, 1.807) is 0 Å². The standard InChI is InChI=1S/C14H26ClNO/c1-16(11-7-3-6-10-15)14(17)12-13-8-4-2-5-9-13/h13H,2-12H2,1H3. The Kier molecular flexibility index (Phi) is 7.67. The Hall–Kier alpha value is -0.240. The van der Waals surface area contributed by atoms with Crippen molar-refractivity contribution in [1.29, 1.82) is 0 Å². The normalized spacial score (nSPS) is 17.1. The molecule has 100 valence electrons. The Morgan fingerprint density at radius 1 is 1.18 bits per heavy atom. The van der Waals surface area contributed by atoms with Crippen molar-refractivity contribution in [2.75, 3.05) is 19.5 Å². The SMILES string of the molecule is CN(CCCCCCl)C(=O)CC1CCCCC1. The summed E-state index contributed by atoms with van der Waals surface area (Å²) in [7, 11) is 1.94. The van der Waals surface area contributed by atoms with E-state index in [-0.39, 0.29) is 0 Å². The van der Waals surface area contributed by atoms with Crippen LogP contribution < -0.4 is 0 Å². The molecule has 0 atom stereocenters. The van der Waals surface area contributed by atoms with Crippen molar-refractivity contribution < 1.29 is 4.79 Å². The van der Waals surface area contributed by atoms with Crippen molar-refractivity contribution >= 4 is 17.5 Å². The van der Waals surface area contributed by atoms with E-state index in [9.17, 15) is 4.79 Å². The third-order valence-electron chi connectivity index (χ3n) is 3.74. The number of nitrogens with zero attached hydrogens (tertiary/aromatic N) is 1. The number of hydrogen-bond donors (Lipinski definition) is 0. The van der Waals surface area contributed by atoms with E-state index in [2.05, 4.69) is 0 Å². The lowest BCUT2D eigenvalue weighted by Gasteiger charge is -2.24. The highest BCUT2D eigenvalue weighted by Crippen LogP contribution is 2.26. The maximum atomic E-state index is 12.0. The summed E-state index contributed by atoms with van der Waals surface area (Å²) in [6.07, 6.45) is 10.5. The van der Waals surface area contributed by atoms with Gasteiger partial charge >= 0.3 is 0 Å². The van der Waals surface area contributed by atoms with Gasteiger partial charge < -0.3 is 4.90 Å². The fourth-order valence-electron chi connectivity index (χ4n) is 2.54. The van der Waals surface area contributed by atoms with Gasteiger partial charge in [-0.1, -0.05) is 25.7 Å². The van der Waals surface area contributed by atoms with Gasteiger partial charge in [-0.2, -0.15) is 0 Å². The number of hydrogen-bond acceptors (Lipinski definition) is 1. The molecule has 0 spiro atoms. The minimum atomic E-state index is 0.336. The van der Waals surface area contributed by atoms with Gasteiger partial charge in [0.1, 0.15) is 0 Å². The molecule has 1 fully saturated rings. The van der Waals surface area contributed by atoms with Crippen LogP contribution in [0.15, 0.2) is 0 Å². The molecule has 0 aromatic heterocycles. The zero-order chi connectivity index (χ0) is 12.5. The van der Waals surface area contributed by atoms with Crippen LogP contribution in [0.2, 0.25) is 0 Å². The second-order valence-electron chi connectivity index (χ2n) is 5.27. The molecule has 0 N–H and O–H groups in total. The molecule has 1 saturated carbocycles. The van der Waals surface area contributed by atoms with Crippen LogP contribution in [-0.4, -0.2) is 30.3 Å². The van der Waals surface area contributed by atoms with Crippen LogP contribution in [0.5, 0.6) is 0 Å². The summed E-state index contributed by atoms with van der Waals surface area (Å²) in [6.45, 7) is 0.891. The van der Waals surface area contributed by atoms with Gasteiger partial charge in [0.2, 0.25) is 5.91 Å². The number of rotatable bonds is 7. The van der Waals surface area contributed by atoms with E-state index in [4.69, 9.17) is 11.6 Å². The van der Waals surface area contributed by atoms with Crippen molar-refractivity contribution in [1.82, 2.24) is 4.90 Å². The average Bonchev–Trinajstić information content (AvgIpc) is 2.35. The molecule has 3 heteroatoms. The first kappa shape index (κ1) is 14.8. The van der Waals surface area contributed by atoms with E-state index >= 15 is 0 Å². The van der Waals surface area contributed by atoms with Crippen LogP contribution in [0.25, 0.3) is 0 Å². The minimum absolute atomic E-state index is 0.336. The molecule has 1 amide bonds. The zero-order valence-electron chi connectivity index (χ0n) is 11.1. The van der Waals surface area contributed by atoms with Gasteiger partial charge in [-0.3, -0.25) is 4.79 Å². The van der Waals surface area contributed by atoms with Gasteiger partial charge in [-0.25, -0.2) is 0 Å². The number of alkyl halides is 1. The highest BCUT2D eigenvalue weighted by molar-refractivity contribution is 6.17. The molecule has 1 aliphatic rings. The summed E-state index contributed by atoms with van der Waals surface area (Å²) in [6, 6.07) is 0. The lowest BCUT2D eigenvalue weighted by molar-refractivity contribution is -0.131. The molecule has 0 saturated heterocycles. The second kappa shape index (κ2) is 8.79.